The number of carbonyl (C=O) groups is 1. The molecule has 5 nitrogen and oxygen atoms in total. The topological polar surface area (TPSA) is 64.1 Å². The Morgan fingerprint density at radius 1 is 1.38 bits per heavy atom. The summed E-state index contributed by atoms with van der Waals surface area (Å²) in [7, 11) is 0. The minimum absolute atomic E-state index is 0.0687. The van der Waals surface area contributed by atoms with E-state index >= 15 is 0 Å². The zero-order valence-electron chi connectivity index (χ0n) is 13.1. The molecule has 1 N–H and O–H groups in total. The predicted octanol–water partition coefficient (Wildman–Crippen LogP) is 3.31. The smallest absolute Gasteiger partial charge is 0.310 e. The number of nitrogens with one attached hydrogen (secondary N) is 1. The van der Waals surface area contributed by atoms with Gasteiger partial charge >= 0.3 is 5.97 Å². The molecule has 2 atom stereocenters. The van der Waals surface area contributed by atoms with Crippen molar-refractivity contribution in [3.8, 4) is 0 Å². The second-order valence-corrected chi connectivity index (χ2v) is 6.05. The van der Waals surface area contributed by atoms with Gasteiger partial charge in [0.1, 0.15) is 16.5 Å². The molecule has 114 valence electrons. The fourth-order valence-corrected chi connectivity index (χ4v) is 3.08. The van der Waals surface area contributed by atoms with Crippen LogP contribution in [0.5, 0.6) is 0 Å². The van der Waals surface area contributed by atoms with Crippen molar-refractivity contribution >= 4 is 33.3 Å². The normalized spacial score (nSPS) is 14.0. The minimum Gasteiger partial charge on any atom is -0.466 e. The van der Waals surface area contributed by atoms with E-state index in [2.05, 4.69) is 20.7 Å². The molecule has 0 aliphatic carbocycles. The van der Waals surface area contributed by atoms with E-state index in [0.717, 1.165) is 27.4 Å². The Morgan fingerprint density at radius 3 is 2.76 bits per heavy atom. The molecule has 0 fully saturated rings. The minimum atomic E-state index is -0.241. The number of anilines is 1. The Kier molecular flexibility index (Phi) is 4.77. The van der Waals surface area contributed by atoms with Gasteiger partial charge in [-0.15, -0.1) is 11.3 Å². The van der Waals surface area contributed by atoms with Crippen molar-refractivity contribution in [2.45, 2.75) is 40.7 Å². The molecule has 0 bridgehead atoms. The van der Waals surface area contributed by atoms with Gasteiger partial charge in [-0.25, -0.2) is 9.97 Å². The van der Waals surface area contributed by atoms with Crippen molar-refractivity contribution in [3.63, 3.8) is 0 Å². The van der Waals surface area contributed by atoms with Gasteiger partial charge in [0, 0.05) is 6.04 Å². The monoisotopic (exact) mass is 307 g/mol. The van der Waals surface area contributed by atoms with Crippen molar-refractivity contribution in [3.05, 3.63) is 16.8 Å². The molecule has 0 spiro atoms. The maximum atomic E-state index is 11.8. The van der Waals surface area contributed by atoms with Gasteiger partial charge in [0.15, 0.2) is 0 Å². The van der Waals surface area contributed by atoms with Crippen LogP contribution in [-0.2, 0) is 9.53 Å². The second-order valence-electron chi connectivity index (χ2n) is 5.19. The van der Waals surface area contributed by atoms with Crippen molar-refractivity contribution in [2.75, 3.05) is 11.9 Å². The van der Waals surface area contributed by atoms with Crippen LogP contribution in [0, 0.1) is 19.8 Å². The van der Waals surface area contributed by atoms with Gasteiger partial charge < -0.3 is 10.1 Å². The summed E-state index contributed by atoms with van der Waals surface area (Å²) in [5.41, 5.74) is 1.15. The van der Waals surface area contributed by atoms with E-state index in [4.69, 9.17) is 4.74 Å². The van der Waals surface area contributed by atoms with Gasteiger partial charge in [0.2, 0.25) is 0 Å². The highest BCUT2D eigenvalue weighted by atomic mass is 32.1. The van der Waals surface area contributed by atoms with Crippen LogP contribution >= 0.6 is 11.3 Å². The molecule has 0 aliphatic heterocycles. The standard InChI is InChI=1S/C15H21N3O2S/c1-6-20-15(19)9(3)10(4)16-13-12-8(2)7-21-14(12)18-11(5)17-13/h7,9-10H,6H2,1-5H3,(H,16,17,18). The van der Waals surface area contributed by atoms with E-state index in [1.54, 1.807) is 11.3 Å². The van der Waals surface area contributed by atoms with Crippen LogP contribution < -0.4 is 5.32 Å². The van der Waals surface area contributed by atoms with Crippen LogP contribution in [-0.4, -0.2) is 28.6 Å². The Labute approximate surface area is 128 Å². The van der Waals surface area contributed by atoms with Crippen molar-refractivity contribution in [1.82, 2.24) is 9.97 Å². The van der Waals surface area contributed by atoms with Crippen LogP contribution in [0.4, 0.5) is 5.82 Å². The Bertz CT molecular complexity index is 654. The molecular weight excluding hydrogens is 286 g/mol. The number of carbonyl (C=O) groups excluding carboxylic acids is 1. The van der Waals surface area contributed by atoms with Crippen molar-refractivity contribution < 1.29 is 9.53 Å². The quantitative estimate of drug-likeness (QED) is 0.859. The fraction of sp³-hybridized carbons (Fsp3) is 0.533. The fourth-order valence-electron chi connectivity index (χ4n) is 2.11. The number of hydrogen-bond donors (Lipinski definition) is 1. The van der Waals surface area contributed by atoms with Gasteiger partial charge in [-0.3, -0.25) is 4.79 Å². The summed E-state index contributed by atoms with van der Waals surface area (Å²) >= 11 is 1.61. The first-order chi connectivity index (χ1) is 9.93. The molecule has 2 unspecified atom stereocenters. The Hall–Kier alpha value is -1.69. The summed E-state index contributed by atoms with van der Waals surface area (Å²) in [4.78, 5) is 21.7. The molecule has 2 heterocycles. The molecular formula is C15H21N3O2S. The number of esters is 1. The number of nitrogens with zero attached hydrogens (tertiary/aromatic N) is 2. The summed E-state index contributed by atoms with van der Waals surface area (Å²) in [6, 6.07) is -0.0687. The van der Waals surface area contributed by atoms with E-state index in [1.807, 2.05) is 34.6 Å². The average Bonchev–Trinajstić information content (AvgIpc) is 2.79. The number of aryl methyl sites for hydroxylation is 2. The van der Waals surface area contributed by atoms with E-state index < -0.39 is 0 Å². The lowest BCUT2D eigenvalue weighted by molar-refractivity contribution is -0.147. The highest BCUT2D eigenvalue weighted by molar-refractivity contribution is 7.17. The van der Waals surface area contributed by atoms with Crippen LogP contribution in [0.1, 0.15) is 32.2 Å². The maximum absolute atomic E-state index is 11.8. The molecule has 0 aromatic carbocycles. The molecule has 0 radical (unpaired) electrons. The largest absolute Gasteiger partial charge is 0.466 e. The van der Waals surface area contributed by atoms with E-state index in [-0.39, 0.29) is 17.9 Å². The number of ether oxygens (including phenoxy) is 1. The van der Waals surface area contributed by atoms with Crippen molar-refractivity contribution in [1.29, 1.82) is 0 Å². The van der Waals surface area contributed by atoms with E-state index in [0.29, 0.717) is 6.61 Å². The van der Waals surface area contributed by atoms with Crippen molar-refractivity contribution in [2.24, 2.45) is 5.92 Å². The first-order valence-corrected chi connectivity index (χ1v) is 7.97. The highest BCUT2D eigenvalue weighted by Crippen LogP contribution is 2.30. The third kappa shape index (κ3) is 3.32. The van der Waals surface area contributed by atoms with Crippen LogP contribution in [0.15, 0.2) is 5.38 Å². The van der Waals surface area contributed by atoms with Gasteiger partial charge in [0.05, 0.1) is 17.9 Å². The molecule has 6 heteroatoms. The van der Waals surface area contributed by atoms with Gasteiger partial charge in [-0.05, 0) is 45.6 Å². The molecule has 0 aliphatic rings. The number of aromatic nitrogens is 2. The van der Waals surface area contributed by atoms with Crippen LogP contribution in [0.2, 0.25) is 0 Å². The SMILES string of the molecule is CCOC(=O)C(C)C(C)Nc1nc(C)nc2scc(C)c12. The third-order valence-electron chi connectivity index (χ3n) is 3.50. The Balaban J connectivity index is 2.26. The summed E-state index contributed by atoms with van der Waals surface area (Å²) in [5.74, 6) is 1.08. The number of fused-ring (bicyclic) bond motifs is 1. The maximum Gasteiger partial charge on any atom is 0.310 e. The molecule has 0 amide bonds. The summed E-state index contributed by atoms with van der Waals surface area (Å²) in [6.45, 7) is 9.96. The lowest BCUT2D eigenvalue weighted by atomic mass is 10.0. The van der Waals surface area contributed by atoms with Gasteiger partial charge in [-0.2, -0.15) is 0 Å². The zero-order chi connectivity index (χ0) is 15.6. The zero-order valence-corrected chi connectivity index (χ0v) is 13.9. The van der Waals surface area contributed by atoms with Crippen LogP contribution in [0.25, 0.3) is 10.2 Å². The van der Waals surface area contributed by atoms with E-state index in [9.17, 15) is 4.79 Å². The molecule has 21 heavy (non-hydrogen) atoms. The molecule has 2 rings (SSSR count). The number of thiophene rings is 1. The molecule has 2 aromatic rings. The van der Waals surface area contributed by atoms with Crippen LogP contribution in [0.3, 0.4) is 0 Å². The number of hydrogen-bond acceptors (Lipinski definition) is 6. The second kappa shape index (κ2) is 6.39. The van der Waals surface area contributed by atoms with Gasteiger partial charge in [0.25, 0.3) is 0 Å². The average molecular weight is 307 g/mol. The van der Waals surface area contributed by atoms with Gasteiger partial charge in [-0.1, -0.05) is 0 Å². The lowest BCUT2D eigenvalue weighted by Gasteiger charge is -2.21. The molecule has 0 saturated heterocycles. The summed E-state index contributed by atoms with van der Waals surface area (Å²) in [6.07, 6.45) is 0. The lowest BCUT2D eigenvalue weighted by Crippen LogP contribution is -2.31. The summed E-state index contributed by atoms with van der Waals surface area (Å²) < 4.78 is 5.07. The number of rotatable bonds is 5. The Morgan fingerprint density at radius 2 is 2.10 bits per heavy atom. The summed E-state index contributed by atoms with van der Waals surface area (Å²) in [5, 5.41) is 6.45. The highest BCUT2D eigenvalue weighted by Gasteiger charge is 2.23. The first-order valence-electron chi connectivity index (χ1n) is 7.09. The predicted molar refractivity (Wildman–Crippen MR) is 85.8 cm³/mol. The third-order valence-corrected chi connectivity index (χ3v) is 4.49. The first kappa shape index (κ1) is 15.7. The van der Waals surface area contributed by atoms with E-state index in [1.165, 1.54) is 0 Å². The molecule has 0 saturated carbocycles. The molecule has 2 aromatic heterocycles.